The number of amides is 1. The van der Waals surface area contributed by atoms with Crippen LogP contribution in [-0.2, 0) is 38.1 Å². The van der Waals surface area contributed by atoms with Crippen molar-refractivity contribution in [3.05, 3.63) is 48.2 Å². The zero-order chi connectivity index (χ0) is 41.8. The molecule has 1 aromatic carbocycles. The number of carbonyl (C=O) groups is 4. The number of benzene rings is 1. The van der Waals surface area contributed by atoms with E-state index in [2.05, 4.69) is 22.1 Å². The molecule has 13 heteroatoms. The zero-order valence-corrected chi connectivity index (χ0v) is 35.2. The number of hydrogen-bond donors (Lipinski definition) is 2. The van der Waals surface area contributed by atoms with Gasteiger partial charge in [0.25, 0.3) is 0 Å². The van der Waals surface area contributed by atoms with Gasteiger partial charge in [-0.1, -0.05) is 65.0 Å². The number of cyclic esters (lactones) is 1. The van der Waals surface area contributed by atoms with Gasteiger partial charge in [-0.2, -0.15) is 0 Å². The molecule has 0 radical (unpaired) electrons. The molecule has 2 aromatic rings. The van der Waals surface area contributed by atoms with Gasteiger partial charge in [0.05, 0.1) is 36.0 Å². The lowest BCUT2D eigenvalue weighted by atomic mass is 9.73. The van der Waals surface area contributed by atoms with Gasteiger partial charge < -0.3 is 39.0 Å². The largest absolute Gasteiger partial charge is 0.458 e. The second-order valence-electron chi connectivity index (χ2n) is 16.9. The molecule has 0 spiro atoms. The van der Waals surface area contributed by atoms with Crippen LogP contribution in [0.1, 0.15) is 93.6 Å². The maximum atomic E-state index is 14.5. The van der Waals surface area contributed by atoms with Gasteiger partial charge in [-0.15, -0.1) is 0 Å². The average Bonchev–Trinajstić information content (AvgIpc) is 3.50. The highest BCUT2D eigenvalue weighted by Crippen LogP contribution is 2.40. The molecule has 1 amide bonds. The lowest BCUT2D eigenvalue weighted by molar-refractivity contribution is -0.297. The van der Waals surface area contributed by atoms with E-state index in [4.69, 9.17) is 23.7 Å². The summed E-state index contributed by atoms with van der Waals surface area (Å²) >= 11 is 0. The van der Waals surface area contributed by atoms with E-state index < -0.39 is 83.4 Å². The maximum Gasteiger partial charge on any atom is 0.408 e. The van der Waals surface area contributed by atoms with Crippen molar-refractivity contribution in [2.24, 2.45) is 23.7 Å². The third-order valence-corrected chi connectivity index (χ3v) is 12.4. The summed E-state index contributed by atoms with van der Waals surface area (Å²) in [6.07, 6.45) is 2.05. The number of aliphatic hydroxyl groups is 1. The van der Waals surface area contributed by atoms with Gasteiger partial charge in [0, 0.05) is 35.4 Å². The Morgan fingerprint density at radius 1 is 1.04 bits per heavy atom. The second-order valence-corrected chi connectivity index (χ2v) is 16.9. The highest BCUT2D eigenvalue weighted by Gasteiger charge is 2.57. The number of nitrogens with zero attached hydrogens (tertiary/aromatic N) is 2. The quantitative estimate of drug-likeness (QED) is 0.217. The summed E-state index contributed by atoms with van der Waals surface area (Å²) in [4.78, 5) is 62.3. The normalized spacial score (nSPS) is 37.2. The van der Waals surface area contributed by atoms with Crippen molar-refractivity contribution in [1.29, 1.82) is 0 Å². The fourth-order valence-corrected chi connectivity index (χ4v) is 9.17. The average molecular weight is 794 g/mol. The topological polar surface area (TPSA) is 163 Å². The Hall–Kier alpha value is -3.75. The van der Waals surface area contributed by atoms with E-state index in [1.807, 2.05) is 56.5 Å². The van der Waals surface area contributed by atoms with Crippen LogP contribution in [0, 0.1) is 23.7 Å². The minimum absolute atomic E-state index is 0.0628. The van der Waals surface area contributed by atoms with E-state index in [0.717, 1.165) is 29.4 Å². The molecule has 13 atom stereocenters. The van der Waals surface area contributed by atoms with E-state index in [0.29, 0.717) is 6.42 Å². The number of rotatable bonds is 10. The smallest absolute Gasteiger partial charge is 0.408 e. The molecule has 1 unspecified atom stereocenters. The minimum Gasteiger partial charge on any atom is -0.458 e. The highest BCUT2D eigenvalue weighted by molar-refractivity contribution is 6.00. The standard InChI is InChI=1S/C44H63N3O10/c1-11-19-47(10)33-21-26(4)54-41(37(33)50)56-39-28(6)36(49)29(7)40(51)55-34(12-2)44(9)38(46-42(52)57-44)27(5)35(48)25(3)23-43(39,8)53-20-15-16-30-22-31-17-13-14-18-32(31)45-24-30/h13-18,22,24-29,33-34,37-39,41,50H,11-12,19-21,23H2,1-10H3,(H,46,52)/b16-15+/t25-,26-,27+,28+,29-,33+,34-,37-,38-,39-,41?,43+,44-/m1/s1. The van der Waals surface area contributed by atoms with Crippen molar-refractivity contribution >= 4 is 40.6 Å². The van der Waals surface area contributed by atoms with Crippen LogP contribution in [0.2, 0.25) is 0 Å². The first-order valence-corrected chi connectivity index (χ1v) is 20.6. The predicted molar refractivity (Wildman–Crippen MR) is 215 cm³/mol. The summed E-state index contributed by atoms with van der Waals surface area (Å²) in [6.45, 7) is 16.7. The van der Waals surface area contributed by atoms with E-state index in [9.17, 15) is 24.3 Å². The Balaban J connectivity index is 1.56. The molecule has 3 aliphatic rings. The van der Waals surface area contributed by atoms with Crippen molar-refractivity contribution in [1.82, 2.24) is 15.2 Å². The first-order chi connectivity index (χ1) is 26.9. The van der Waals surface area contributed by atoms with Crippen molar-refractivity contribution in [2.45, 2.75) is 142 Å². The molecular formula is C44H63N3O10. The van der Waals surface area contributed by atoms with Crippen LogP contribution in [0.15, 0.2) is 42.6 Å². The molecule has 2 N–H and O–H groups in total. The Kier molecular flexibility index (Phi) is 14.4. The number of aliphatic hydroxyl groups excluding tert-OH is 1. The fraction of sp³-hybridized carbons (Fsp3) is 0.659. The van der Waals surface area contributed by atoms with Crippen LogP contribution in [0.25, 0.3) is 17.0 Å². The third-order valence-electron chi connectivity index (χ3n) is 12.4. The molecule has 3 fully saturated rings. The summed E-state index contributed by atoms with van der Waals surface area (Å²) in [6, 6.07) is 8.74. The number of carbonyl (C=O) groups excluding carboxylic acids is 4. The summed E-state index contributed by atoms with van der Waals surface area (Å²) in [7, 11) is 1.96. The van der Waals surface area contributed by atoms with Crippen molar-refractivity contribution < 1.29 is 48.0 Å². The Labute approximate surface area is 337 Å². The third kappa shape index (κ3) is 9.60. The molecule has 3 saturated heterocycles. The maximum absolute atomic E-state index is 14.5. The van der Waals surface area contributed by atoms with Gasteiger partial charge in [-0.05, 0) is 84.7 Å². The van der Waals surface area contributed by atoms with Crippen LogP contribution < -0.4 is 5.32 Å². The number of fused-ring (bicyclic) bond motifs is 2. The SMILES string of the molecule is CCCN(C)[C@H]1C[C@@H](C)OC(O[C@@H]2[C@@H](C)C(=O)[C@@H](C)C(=O)O[C@H](CC)[C@@]3(C)OC(=O)N[C@@H]3[C@@H](C)C(=O)[C@H](C)C[C@]2(C)OC/C=C/c2cnc3ccccc3c2)[C@@H]1O. The Morgan fingerprint density at radius 2 is 1.75 bits per heavy atom. The van der Waals surface area contributed by atoms with Crippen molar-refractivity contribution in [2.75, 3.05) is 20.2 Å². The van der Waals surface area contributed by atoms with E-state index in [1.165, 1.54) is 6.92 Å². The number of likely N-dealkylation sites (N-methyl/N-ethyl adjacent to an activating group) is 1. The van der Waals surface area contributed by atoms with Crippen LogP contribution in [0.5, 0.6) is 0 Å². The van der Waals surface area contributed by atoms with E-state index >= 15 is 0 Å². The van der Waals surface area contributed by atoms with Gasteiger partial charge in [-0.25, -0.2) is 4.79 Å². The molecule has 314 valence electrons. The van der Waals surface area contributed by atoms with E-state index in [1.54, 1.807) is 47.7 Å². The van der Waals surface area contributed by atoms with Gasteiger partial charge in [0.2, 0.25) is 0 Å². The van der Waals surface area contributed by atoms with Crippen LogP contribution in [-0.4, -0.2) is 113 Å². The molecule has 5 rings (SSSR count). The summed E-state index contributed by atoms with van der Waals surface area (Å²) < 4.78 is 31.6. The number of para-hydroxylation sites is 1. The number of pyridine rings is 1. The zero-order valence-electron chi connectivity index (χ0n) is 35.2. The number of esters is 1. The lowest BCUT2D eigenvalue weighted by Gasteiger charge is -2.47. The summed E-state index contributed by atoms with van der Waals surface area (Å²) in [5.41, 5.74) is -1.00. The van der Waals surface area contributed by atoms with E-state index in [-0.39, 0.29) is 37.4 Å². The molecule has 0 aliphatic carbocycles. The number of Topliss-reactive ketones (excluding diaryl/α,β-unsaturated/α-hetero) is 2. The predicted octanol–water partition coefficient (Wildman–Crippen LogP) is 5.89. The lowest BCUT2D eigenvalue weighted by Crippen LogP contribution is -2.60. The monoisotopic (exact) mass is 793 g/mol. The Bertz CT molecular complexity index is 1790. The van der Waals surface area contributed by atoms with Crippen molar-refractivity contribution in [3.63, 3.8) is 0 Å². The Morgan fingerprint density at radius 3 is 2.46 bits per heavy atom. The van der Waals surface area contributed by atoms with Crippen LogP contribution in [0.4, 0.5) is 4.79 Å². The molecule has 4 heterocycles. The minimum atomic E-state index is -1.38. The summed E-state index contributed by atoms with van der Waals surface area (Å²) in [5.74, 6) is -5.11. The molecule has 0 bridgehead atoms. The number of nitrogens with one attached hydrogen (secondary N) is 1. The molecule has 13 nitrogen and oxygen atoms in total. The first-order valence-electron chi connectivity index (χ1n) is 20.6. The van der Waals surface area contributed by atoms with Crippen molar-refractivity contribution in [3.8, 4) is 0 Å². The van der Waals surface area contributed by atoms with Gasteiger partial charge >= 0.3 is 12.1 Å². The highest BCUT2D eigenvalue weighted by atomic mass is 16.7. The van der Waals surface area contributed by atoms with Gasteiger partial charge in [0.1, 0.15) is 23.9 Å². The molecule has 0 saturated carbocycles. The molecule has 57 heavy (non-hydrogen) atoms. The molecular weight excluding hydrogens is 730 g/mol. The second kappa shape index (κ2) is 18.4. The molecule has 3 aliphatic heterocycles. The van der Waals surface area contributed by atoms with Gasteiger partial charge in [0.15, 0.2) is 17.7 Å². The van der Waals surface area contributed by atoms with Gasteiger partial charge in [-0.3, -0.25) is 19.4 Å². The number of aromatic nitrogens is 1. The number of alkyl carbamates (subject to hydrolysis) is 1. The number of ketones is 2. The first kappa shape index (κ1) is 44.4. The number of hydrogen-bond acceptors (Lipinski definition) is 12. The van der Waals surface area contributed by atoms with Crippen LogP contribution in [0.3, 0.4) is 0 Å². The fourth-order valence-electron chi connectivity index (χ4n) is 9.17. The molecule has 1 aromatic heterocycles. The summed E-state index contributed by atoms with van der Waals surface area (Å²) in [5, 5.41) is 15.6. The van der Waals surface area contributed by atoms with Crippen LogP contribution >= 0.6 is 0 Å². The number of ether oxygens (including phenoxy) is 5.